The van der Waals surface area contributed by atoms with Crippen molar-refractivity contribution in [2.24, 2.45) is 47.3 Å². The minimum atomic E-state index is 1.04. The van der Waals surface area contributed by atoms with Crippen LogP contribution in [0.1, 0.15) is 271 Å². The lowest BCUT2D eigenvalue weighted by Crippen LogP contribution is -2.20. The molecule has 0 aromatic carbocycles. The number of hydrogen-bond acceptors (Lipinski definition) is 0. The Bertz CT molecular complexity index is 580. The van der Waals surface area contributed by atoms with Crippen molar-refractivity contribution >= 4 is 0 Å². The highest BCUT2D eigenvalue weighted by Crippen LogP contribution is 2.40. The van der Waals surface area contributed by atoms with E-state index in [1.54, 1.807) is 77.0 Å². The van der Waals surface area contributed by atoms with E-state index in [1.807, 2.05) is 0 Å². The molecular formula is C50H94. The zero-order valence-corrected chi connectivity index (χ0v) is 34.9. The highest BCUT2D eigenvalue weighted by Gasteiger charge is 2.26. The molecule has 0 nitrogen and oxygen atoms in total. The van der Waals surface area contributed by atoms with Crippen molar-refractivity contribution in [2.75, 3.05) is 0 Å². The van der Waals surface area contributed by atoms with Crippen molar-refractivity contribution in [1.82, 2.24) is 0 Å². The summed E-state index contributed by atoms with van der Waals surface area (Å²) in [5.74, 6) is 8.90. The average molecular weight is 695 g/mol. The van der Waals surface area contributed by atoms with Crippen LogP contribution in [0, 0.1) is 47.3 Å². The third-order valence-electron chi connectivity index (χ3n) is 15.7. The first-order valence-corrected chi connectivity index (χ1v) is 24.7. The SMILES string of the molecule is C1CCC(C2CCCCC2)CC1.C1CCC(C2CCCCC2)CC1.C1CCC(C2CCCCC2)CC1.CC1CCCCC1.CC1CCCCC1. The normalized spacial score (nSPS) is 28.0. The van der Waals surface area contributed by atoms with Gasteiger partial charge in [-0.15, -0.1) is 0 Å². The van der Waals surface area contributed by atoms with Gasteiger partial charge >= 0.3 is 0 Å². The lowest BCUT2D eigenvalue weighted by Gasteiger charge is -2.32. The summed E-state index contributed by atoms with van der Waals surface area (Å²) in [6, 6.07) is 0. The monoisotopic (exact) mass is 695 g/mol. The Kier molecular flexibility index (Phi) is 23.6. The molecule has 0 N–H and O–H groups in total. The van der Waals surface area contributed by atoms with Gasteiger partial charge in [0.2, 0.25) is 0 Å². The van der Waals surface area contributed by atoms with Crippen LogP contribution in [-0.2, 0) is 0 Å². The molecule has 8 saturated carbocycles. The van der Waals surface area contributed by atoms with E-state index in [0.29, 0.717) is 0 Å². The second-order valence-corrected chi connectivity index (χ2v) is 19.9. The molecule has 8 aliphatic carbocycles. The first-order valence-electron chi connectivity index (χ1n) is 24.7. The van der Waals surface area contributed by atoms with Gasteiger partial charge < -0.3 is 0 Å². The molecule has 0 aliphatic heterocycles. The summed E-state index contributed by atoms with van der Waals surface area (Å²) in [5, 5.41) is 0. The van der Waals surface area contributed by atoms with E-state index in [1.165, 1.54) is 180 Å². The van der Waals surface area contributed by atoms with Crippen LogP contribution >= 0.6 is 0 Å². The lowest BCUT2D eigenvalue weighted by molar-refractivity contribution is 0.196. The van der Waals surface area contributed by atoms with Crippen molar-refractivity contribution in [1.29, 1.82) is 0 Å². The highest BCUT2D eigenvalue weighted by atomic mass is 14.3. The first kappa shape index (κ1) is 42.7. The number of hydrogen-bond donors (Lipinski definition) is 0. The smallest absolute Gasteiger partial charge is 0.0386 e. The lowest BCUT2D eigenvalue weighted by atomic mass is 9.73. The molecule has 0 saturated heterocycles. The average Bonchev–Trinajstić information content (AvgIpc) is 3.22. The zero-order chi connectivity index (χ0) is 34.9. The fourth-order valence-electron chi connectivity index (χ4n) is 12.2. The third kappa shape index (κ3) is 18.4. The Balaban J connectivity index is 0.000000143. The van der Waals surface area contributed by atoms with Gasteiger partial charge in [-0.25, -0.2) is 0 Å². The molecule has 8 rings (SSSR count). The summed E-state index contributed by atoms with van der Waals surface area (Å²) in [4.78, 5) is 0. The molecule has 0 unspecified atom stereocenters. The van der Waals surface area contributed by atoms with Crippen LogP contribution in [0.4, 0.5) is 0 Å². The van der Waals surface area contributed by atoms with Gasteiger partial charge in [0.25, 0.3) is 0 Å². The van der Waals surface area contributed by atoms with Crippen LogP contribution < -0.4 is 0 Å². The van der Waals surface area contributed by atoms with Crippen LogP contribution in [0.15, 0.2) is 0 Å². The molecule has 0 heteroatoms. The summed E-state index contributed by atoms with van der Waals surface area (Å²) in [5.41, 5.74) is 0. The minimum absolute atomic E-state index is 1.04. The quantitative estimate of drug-likeness (QED) is 0.276. The van der Waals surface area contributed by atoms with Crippen molar-refractivity contribution in [2.45, 2.75) is 271 Å². The minimum Gasteiger partial charge on any atom is -0.0625 e. The fraction of sp³-hybridized carbons (Fsp3) is 1.00. The molecule has 0 aromatic rings. The van der Waals surface area contributed by atoms with E-state index < -0.39 is 0 Å². The molecular weight excluding hydrogens is 601 g/mol. The van der Waals surface area contributed by atoms with E-state index >= 15 is 0 Å². The van der Waals surface area contributed by atoms with Crippen molar-refractivity contribution in [3.05, 3.63) is 0 Å². The molecule has 0 spiro atoms. The predicted molar refractivity (Wildman–Crippen MR) is 224 cm³/mol. The van der Waals surface area contributed by atoms with Gasteiger partial charge in [-0.3, -0.25) is 0 Å². The molecule has 0 radical (unpaired) electrons. The molecule has 0 amide bonds. The highest BCUT2D eigenvalue weighted by molar-refractivity contribution is 4.79. The largest absolute Gasteiger partial charge is 0.0625 e. The van der Waals surface area contributed by atoms with Crippen LogP contribution in [0.3, 0.4) is 0 Å². The maximum atomic E-state index is 2.36. The second kappa shape index (κ2) is 27.6. The third-order valence-corrected chi connectivity index (χ3v) is 15.7. The first-order chi connectivity index (χ1) is 24.7. The van der Waals surface area contributed by atoms with Gasteiger partial charge in [-0.05, 0) is 47.3 Å². The standard InChI is InChI=1S/3C12H22.2C7H14/c3*1-3-7-11(8-4-1)12-9-5-2-6-10-12;2*1-7-5-3-2-4-6-7/h3*11-12H,1-10H2;2*7H,2-6H2,1H3. The molecule has 0 bridgehead atoms. The summed E-state index contributed by atoms with van der Waals surface area (Å²) >= 11 is 0. The second-order valence-electron chi connectivity index (χ2n) is 19.9. The zero-order valence-electron chi connectivity index (χ0n) is 34.9. The van der Waals surface area contributed by atoms with Crippen LogP contribution in [0.2, 0.25) is 0 Å². The Morgan fingerprint density at radius 1 is 0.160 bits per heavy atom. The molecule has 8 aliphatic rings. The van der Waals surface area contributed by atoms with E-state index in [2.05, 4.69) is 13.8 Å². The van der Waals surface area contributed by atoms with Crippen LogP contribution in [-0.4, -0.2) is 0 Å². The Labute approximate surface area is 317 Å². The molecule has 0 atom stereocenters. The van der Waals surface area contributed by atoms with Crippen LogP contribution in [0.5, 0.6) is 0 Å². The van der Waals surface area contributed by atoms with E-state index in [-0.39, 0.29) is 0 Å². The Morgan fingerprint density at radius 2 is 0.280 bits per heavy atom. The molecule has 50 heavy (non-hydrogen) atoms. The molecule has 0 aromatic heterocycles. The number of rotatable bonds is 3. The predicted octanol–water partition coefficient (Wildman–Crippen LogP) is 17.6. The van der Waals surface area contributed by atoms with E-state index in [0.717, 1.165) is 47.3 Å². The molecule has 294 valence electrons. The van der Waals surface area contributed by atoms with Crippen molar-refractivity contribution < 1.29 is 0 Å². The van der Waals surface area contributed by atoms with Crippen molar-refractivity contribution in [3.8, 4) is 0 Å². The van der Waals surface area contributed by atoms with Gasteiger partial charge in [0.1, 0.15) is 0 Å². The summed E-state index contributed by atoms with van der Waals surface area (Å²) in [6.45, 7) is 4.72. The summed E-state index contributed by atoms with van der Waals surface area (Å²) < 4.78 is 0. The van der Waals surface area contributed by atoms with E-state index in [4.69, 9.17) is 0 Å². The summed E-state index contributed by atoms with van der Waals surface area (Å²) in [6.07, 6.45) is 61.0. The van der Waals surface area contributed by atoms with Gasteiger partial charge in [0.05, 0.1) is 0 Å². The maximum Gasteiger partial charge on any atom is -0.0386 e. The Hall–Kier alpha value is 0. The van der Waals surface area contributed by atoms with Gasteiger partial charge in [0, 0.05) is 0 Å². The fourth-order valence-corrected chi connectivity index (χ4v) is 12.2. The van der Waals surface area contributed by atoms with Gasteiger partial charge in [-0.1, -0.05) is 271 Å². The van der Waals surface area contributed by atoms with Gasteiger partial charge in [0.15, 0.2) is 0 Å². The maximum absolute atomic E-state index is 2.36. The Morgan fingerprint density at radius 3 is 0.380 bits per heavy atom. The van der Waals surface area contributed by atoms with Gasteiger partial charge in [-0.2, -0.15) is 0 Å². The van der Waals surface area contributed by atoms with E-state index in [9.17, 15) is 0 Å². The molecule has 0 heterocycles. The summed E-state index contributed by atoms with van der Waals surface area (Å²) in [7, 11) is 0. The topological polar surface area (TPSA) is 0 Å². The molecule has 8 fully saturated rings. The van der Waals surface area contributed by atoms with Crippen molar-refractivity contribution in [3.63, 3.8) is 0 Å². The van der Waals surface area contributed by atoms with Crippen LogP contribution in [0.25, 0.3) is 0 Å².